The quantitative estimate of drug-likeness (QED) is 0.731. The molecule has 9 heteroatoms. The summed E-state index contributed by atoms with van der Waals surface area (Å²) in [4.78, 5) is 10.4. The average Bonchev–Trinajstić information content (AvgIpc) is 2.85. The van der Waals surface area contributed by atoms with Gasteiger partial charge in [0.05, 0.1) is 11.2 Å². The lowest BCUT2D eigenvalue weighted by molar-refractivity contribution is 0.587. The summed E-state index contributed by atoms with van der Waals surface area (Å²) in [6.07, 6.45) is 2.43. The number of fused-ring (bicyclic) bond motifs is 1. The van der Waals surface area contributed by atoms with Crippen molar-refractivity contribution in [2.24, 2.45) is 0 Å². The second-order valence-corrected chi connectivity index (χ2v) is 6.11. The van der Waals surface area contributed by atoms with E-state index >= 15 is 0 Å². The van der Waals surface area contributed by atoms with E-state index in [-0.39, 0.29) is 20.7 Å². The minimum atomic E-state index is -3.87. The minimum absolute atomic E-state index is 0.0469. The molecule has 0 fully saturated rings. The maximum atomic E-state index is 12.9. The van der Waals surface area contributed by atoms with Crippen LogP contribution in [-0.4, -0.2) is 27.3 Å². The number of nitrogens with zero attached hydrogens (tertiary/aromatic N) is 3. The maximum absolute atomic E-state index is 12.9. The molecule has 0 unspecified atom stereocenters. The molecule has 0 spiro atoms. The SMILES string of the molecule is O=S(=O)(c1ccc(F)cc1)n1cnc2c(=S)nc[nH]c21. The molecule has 1 N–H and O–H groups in total. The Balaban J connectivity index is 2.27. The summed E-state index contributed by atoms with van der Waals surface area (Å²) in [6, 6.07) is 4.53. The molecule has 1 aromatic carbocycles. The number of nitrogens with one attached hydrogen (secondary N) is 1. The first-order valence-electron chi connectivity index (χ1n) is 5.42. The molecule has 6 nitrogen and oxygen atoms in total. The Bertz CT molecular complexity index is 944. The molecule has 2 aromatic heterocycles. The van der Waals surface area contributed by atoms with Crippen molar-refractivity contribution in [1.82, 2.24) is 18.9 Å². The van der Waals surface area contributed by atoms with E-state index in [9.17, 15) is 12.8 Å². The third-order valence-corrected chi connectivity index (χ3v) is 4.65. The van der Waals surface area contributed by atoms with Gasteiger partial charge in [0.15, 0.2) is 10.3 Å². The smallest absolute Gasteiger partial charge is 0.270 e. The summed E-state index contributed by atoms with van der Waals surface area (Å²) in [5.41, 5.74) is 0.502. The first-order valence-corrected chi connectivity index (χ1v) is 7.27. The van der Waals surface area contributed by atoms with E-state index in [1.807, 2.05) is 0 Å². The van der Waals surface area contributed by atoms with E-state index < -0.39 is 15.8 Å². The number of aromatic nitrogens is 4. The lowest BCUT2D eigenvalue weighted by Gasteiger charge is -2.06. The van der Waals surface area contributed by atoms with E-state index in [0.29, 0.717) is 0 Å². The van der Waals surface area contributed by atoms with E-state index in [1.54, 1.807) is 0 Å². The highest BCUT2D eigenvalue weighted by Crippen LogP contribution is 2.18. The zero-order chi connectivity index (χ0) is 14.3. The number of hydrogen-bond donors (Lipinski definition) is 1. The molecule has 0 amide bonds. The monoisotopic (exact) mass is 310 g/mol. The maximum Gasteiger partial charge on any atom is 0.270 e. The number of benzene rings is 1. The molecular formula is C11H7FN4O2S2. The van der Waals surface area contributed by atoms with E-state index in [1.165, 1.54) is 18.5 Å². The number of aromatic amines is 1. The van der Waals surface area contributed by atoms with Crippen molar-refractivity contribution in [3.63, 3.8) is 0 Å². The molecule has 20 heavy (non-hydrogen) atoms. The van der Waals surface area contributed by atoms with Crippen LogP contribution in [0, 0.1) is 10.5 Å². The number of halogens is 1. The van der Waals surface area contributed by atoms with Crippen molar-refractivity contribution in [2.75, 3.05) is 0 Å². The van der Waals surface area contributed by atoms with Gasteiger partial charge in [-0.2, -0.15) is 0 Å². The molecule has 0 atom stereocenters. The third kappa shape index (κ3) is 1.91. The highest BCUT2D eigenvalue weighted by Gasteiger charge is 2.20. The highest BCUT2D eigenvalue weighted by molar-refractivity contribution is 7.90. The number of hydrogen-bond acceptors (Lipinski definition) is 5. The molecule has 0 aliphatic heterocycles. The molecule has 0 saturated carbocycles. The lowest BCUT2D eigenvalue weighted by atomic mass is 10.4. The lowest BCUT2D eigenvalue weighted by Crippen LogP contribution is -2.12. The van der Waals surface area contributed by atoms with E-state index in [2.05, 4.69) is 15.0 Å². The second kappa shape index (κ2) is 4.46. The van der Waals surface area contributed by atoms with Gasteiger partial charge in [-0.25, -0.2) is 26.7 Å². The van der Waals surface area contributed by atoms with Crippen molar-refractivity contribution in [3.05, 3.63) is 47.4 Å². The van der Waals surface area contributed by atoms with E-state index in [0.717, 1.165) is 22.4 Å². The van der Waals surface area contributed by atoms with Crippen molar-refractivity contribution in [1.29, 1.82) is 0 Å². The van der Waals surface area contributed by atoms with Crippen LogP contribution in [0.2, 0.25) is 0 Å². The van der Waals surface area contributed by atoms with Crippen LogP contribution in [0.1, 0.15) is 0 Å². The molecule has 2 heterocycles. The fraction of sp³-hybridized carbons (Fsp3) is 0. The van der Waals surface area contributed by atoms with Gasteiger partial charge in [-0.1, -0.05) is 12.2 Å². The summed E-state index contributed by atoms with van der Waals surface area (Å²) in [6.45, 7) is 0. The molecular weight excluding hydrogens is 303 g/mol. The minimum Gasteiger partial charge on any atom is -0.330 e. The number of rotatable bonds is 2. The normalized spacial score (nSPS) is 11.8. The van der Waals surface area contributed by atoms with Gasteiger partial charge in [0.2, 0.25) is 0 Å². The summed E-state index contributed by atoms with van der Waals surface area (Å²) in [5, 5.41) is 0. The third-order valence-electron chi connectivity index (χ3n) is 2.69. The zero-order valence-corrected chi connectivity index (χ0v) is 11.4. The van der Waals surface area contributed by atoms with Crippen LogP contribution in [0.3, 0.4) is 0 Å². The Morgan fingerprint density at radius 3 is 2.60 bits per heavy atom. The molecule has 0 aliphatic rings. The molecule has 0 bridgehead atoms. The first-order chi connectivity index (χ1) is 9.50. The summed E-state index contributed by atoms with van der Waals surface area (Å²) in [7, 11) is -3.87. The summed E-state index contributed by atoms with van der Waals surface area (Å²) >= 11 is 4.97. The topological polar surface area (TPSA) is 80.6 Å². The van der Waals surface area contributed by atoms with Crippen molar-refractivity contribution in [3.8, 4) is 0 Å². The van der Waals surface area contributed by atoms with E-state index in [4.69, 9.17) is 12.2 Å². The summed E-state index contributed by atoms with van der Waals surface area (Å²) < 4.78 is 38.9. The van der Waals surface area contributed by atoms with Crippen LogP contribution in [0.4, 0.5) is 4.39 Å². The van der Waals surface area contributed by atoms with Crippen LogP contribution >= 0.6 is 12.2 Å². The number of H-pyrrole nitrogens is 1. The fourth-order valence-corrected chi connectivity index (χ4v) is 3.20. The Labute approximate surface area is 118 Å². The molecule has 102 valence electrons. The van der Waals surface area contributed by atoms with Crippen LogP contribution < -0.4 is 0 Å². The van der Waals surface area contributed by atoms with Crippen LogP contribution in [0.15, 0.2) is 41.8 Å². The van der Waals surface area contributed by atoms with Gasteiger partial charge < -0.3 is 4.98 Å². The predicted molar refractivity (Wildman–Crippen MR) is 71.7 cm³/mol. The van der Waals surface area contributed by atoms with Gasteiger partial charge in [0.25, 0.3) is 10.0 Å². The zero-order valence-electron chi connectivity index (χ0n) is 9.82. The Morgan fingerprint density at radius 1 is 1.20 bits per heavy atom. The van der Waals surface area contributed by atoms with Crippen LogP contribution in [-0.2, 0) is 10.0 Å². The van der Waals surface area contributed by atoms with Crippen molar-refractivity contribution >= 4 is 33.4 Å². The van der Waals surface area contributed by atoms with Crippen molar-refractivity contribution in [2.45, 2.75) is 4.90 Å². The number of imidazole rings is 1. The largest absolute Gasteiger partial charge is 0.330 e. The fourth-order valence-electron chi connectivity index (χ4n) is 1.74. The van der Waals surface area contributed by atoms with Crippen molar-refractivity contribution < 1.29 is 12.8 Å². The van der Waals surface area contributed by atoms with Crippen LogP contribution in [0.25, 0.3) is 11.2 Å². The van der Waals surface area contributed by atoms with Gasteiger partial charge in [-0.05, 0) is 24.3 Å². The Hall–Kier alpha value is -2.13. The van der Waals surface area contributed by atoms with Gasteiger partial charge in [0, 0.05) is 0 Å². The van der Waals surface area contributed by atoms with Gasteiger partial charge in [-0.3, -0.25) is 0 Å². The molecule has 3 rings (SSSR count). The molecule has 0 aliphatic carbocycles. The Kier molecular flexibility index (Phi) is 2.87. The first kappa shape index (κ1) is 12.9. The standard InChI is InChI=1S/C11H7FN4O2S2/c12-7-1-3-8(4-2-7)20(17,18)16-6-15-9-10(16)13-5-14-11(9)19/h1-6H,(H,13,14,19). The van der Waals surface area contributed by atoms with Crippen LogP contribution in [0.5, 0.6) is 0 Å². The van der Waals surface area contributed by atoms with Gasteiger partial charge >= 0.3 is 0 Å². The van der Waals surface area contributed by atoms with Gasteiger partial charge in [-0.15, -0.1) is 0 Å². The molecule has 3 aromatic rings. The average molecular weight is 310 g/mol. The Morgan fingerprint density at radius 2 is 1.90 bits per heavy atom. The molecule has 0 radical (unpaired) electrons. The predicted octanol–water partition coefficient (Wildman–Crippen LogP) is 1.86. The second-order valence-electron chi connectivity index (χ2n) is 3.90. The van der Waals surface area contributed by atoms with Gasteiger partial charge in [0.1, 0.15) is 17.7 Å². The summed E-state index contributed by atoms with van der Waals surface area (Å²) in [5.74, 6) is -0.511. The highest BCUT2D eigenvalue weighted by atomic mass is 32.2. The molecule has 0 saturated heterocycles.